The molecule has 0 bridgehead atoms. The van der Waals surface area contributed by atoms with Gasteiger partial charge in [-0.3, -0.25) is 0 Å². The fraction of sp³-hybridized carbons (Fsp3) is 0.273. The van der Waals surface area contributed by atoms with E-state index in [-0.39, 0.29) is 0 Å². The minimum absolute atomic E-state index is 1.36. The van der Waals surface area contributed by atoms with Crippen molar-refractivity contribution >= 4 is 32.3 Å². The Bertz CT molecular complexity index is 1060. The van der Waals surface area contributed by atoms with Gasteiger partial charge < -0.3 is 0 Å². The molecule has 4 aromatic carbocycles. The monoisotopic (exact) mass is 286 g/mol. The van der Waals surface area contributed by atoms with Crippen LogP contribution in [0.3, 0.4) is 0 Å². The predicted octanol–water partition coefficient (Wildman–Crippen LogP) is 6.43. The Morgan fingerprint density at radius 2 is 1.05 bits per heavy atom. The molecule has 0 spiro atoms. The van der Waals surface area contributed by atoms with Crippen molar-refractivity contribution in [3.8, 4) is 0 Å². The Morgan fingerprint density at radius 3 is 1.77 bits per heavy atom. The van der Waals surface area contributed by atoms with Gasteiger partial charge in [0.15, 0.2) is 0 Å². The lowest BCUT2D eigenvalue weighted by Gasteiger charge is -2.22. The Balaban J connectivity index is 2.54. The maximum absolute atomic E-state index is 2.32. The third-order valence-electron chi connectivity index (χ3n) is 5.86. The number of hydrogen-bond donors (Lipinski definition) is 0. The normalized spacial score (nSPS) is 12.1. The van der Waals surface area contributed by atoms with Gasteiger partial charge in [-0.15, -0.1) is 0 Å². The molecule has 0 saturated heterocycles. The minimum Gasteiger partial charge on any atom is -0.0581 e. The highest BCUT2D eigenvalue weighted by atomic mass is 14.2. The third kappa shape index (κ3) is 1.43. The maximum atomic E-state index is 2.32. The molecular weight excluding hydrogens is 264 g/mol. The summed E-state index contributed by atoms with van der Waals surface area (Å²) in [4.78, 5) is 0. The van der Waals surface area contributed by atoms with Gasteiger partial charge in [-0.2, -0.15) is 0 Å². The van der Waals surface area contributed by atoms with Crippen molar-refractivity contribution in [2.45, 2.75) is 41.5 Å². The number of hydrogen-bond acceptors (Lipinski definition) is 0. The zero-order valence-electron chi connectivity index (χ0n) is 14.3. The first-order valence-electron chi connectivity index (χ1n) is 8.07. The molecule has 0 heteroatoms. The van der Waals surface area contributed by atoms with Crippen molar-refractivity contribution in [2.75, 3.05) is 0 Å². The summed E-state index contributed by atoms with van der Waals surface area (Å²) in [6.45, 7) is 13.6. The van der Waals surface area contributed by atoms with Crippen LogP contribution in [-0.4, -0.2) is 0 Å². The van der Waals surface area contributed by atoms with E-state index in [4.69, 9.17) is 0 Å². The van der Waals surface area contributed by atoms with Crippen LogP contribution in [0.15, 0.2) is 24.3 Å². The molecule has 0 atom stereocenters. The smallest absolute Gasteiger partial charge is 0.00183 e. The van der Waals surface area contributed by atoms with Crippen molar-refractivity contribution in [3.05, 3.63) is 57.6 Å². The highest BCUT2D eigenvalue weighted by Gasteiger charge is 2.18. The lowest BCUT2D eigenvalue weighted by atomic mass is 9.82. The van der Waals surface area contributed by atoms with Crippen LogP contribution < -0.4 is 0 Å². The van der Waals surface area contributed by atoms with Crippen LogP contribution in [0.2, 0.25) is 0 Å². The van der Waals surface area contributed by atoms with Gasteiger partial charge >= 0.3 is 0 Å². The predicted molar refractivity (Wildman–Crippen MR) is 98.6 cm³/mol. The summed E-state index contributed by atoms with van der Waals surface area (Å²) in [5.74, 6) is 0. The first-order chi connectivity index (χ1) is 10.4. The molecule has 0 aromatic heterocycles. The van der Waals surface area contributed by atoms with Crippen molar-refractivity contribution in [1.82, 2.24) is 0 Å². The van der Waals surface area contributed by atoms with E-state index in [1.165, 1.54) is 65.7 Å². The minimum atomic E-state index is 1.36. The SMILES string of the molecule is Cc1c(C)c2ccc3ccc(C)c4c(C)c(C)c(c1C)c2c34. The first kappa shape index (κ1) is 13.6. The van der Waals surface area contributed by atoms with E-state index in [2.05, 4.69) is 65.8 Å². The van der Waals surface area contributed by atoms with E-state index in [1.54, 1.807) is 0 Å². The van der Waals surface area contributed by atoms with Crippen LogP contribution in [0.25, 0.3) is 32.3 Å². The highest BCUT2D eigenvalue weighted by Crippen LogP contribution is 2.43. The molecule has 4 rings (SSSR count). The van der Waals surface area contributed by atoms with Crippen molar-refractivity contribution < 1.29 is 0 Å². The van der Waals surface area contributed by atoms with Gasteiger partial charge in [0.2, 0.25) is 0 Å². The number of benzene rings is 4. The standard InChI is InChI=1S/C22H22/c1-11-7-8-17-9-10-18-13(3)12(2)14(4)20-16(6)15(5)19(11)21(17)22(18)20/h7-10H,1-6H3. The summed E-state index contributed by atoms with van der Waals surface area (Å²) in [5, 5.41) is 8.64. The molecule has 0 fully saturated rings. The quantitative estimate of drug-likeness (QED) is 0.326. The highest BCUT2D eigenvalue weighted by molar-refractivity contribution is 6.26. The maximum Gasteiger partial charge on any atom is -0.00183 e. The van der Waals surface area contributed by atoms with Gasteiger partial charge in [-0.1, -0.05) is 24.3 Å². The summed E-state index contributed by atoms with van der Waals surface area (Å²) < 4.78 is 0. The second-order valence-electron chi connectivity index (χ2n) is 6.84. The first-order valence-corrected chi connectivity index (χ1v) is 8.07. The van der Waals surface area contributed by atoms with E-state index in [1.807, 2.05) is 0 Å². The lowest BCUT2D eigenvalue weighted by molar-refractivity contribution is 1.30. The van der Waals surface area contributed by atoms with Crippen molar-refractivity contribution in [1.29, 1.82) is 0 Å². The second kappa shape index (κ2) is 4.23. The van der Waals surface area contributed by atoms with E-state index in [0.717, 1.165) is 0 Å². The molecule has 0 unspecified atom stereocenters. The van der Waals surface area contributed by atoms with Gasteiger partial charge in [0.25, 0.3) is 0 Å². The van der Waals surface area contributed by atoms with Gasteiger partial charge in [0.1, 0.15) is 0 Å². The van der Waals surface area contributed by atoms with Crippen LogP contribution >= 0.6 is 0 Å². The van der Waals surface area contributed by atoms with E-state index >= 15 is 0 Å². The molecule has 0 aliphatic carbocycles. The molecule has 0 N–H and O–H groups in total. The Kier molecular flexibility index (Phi) is 2.61. The zero-order valence-corrected chi connectivity index (χ0v) is 14.3. The number of aryl methyl sites for hydroxylation is 5. The van der Waals surface area contributed by atoms with Crippen LogP contribution in [0.4, 0.5) is 0 Å². The Morgan fingerprint density at radius 1 is 0.455 bits per heavy atom. The van der Waals surface area contributed by atoms with E-state index < -0.39 is 0 Å². The molecule has 22 heavy (non-hydrogen) atoms. The molecule has 0 radical (unpaired) electrons. The summed E-state index contributed by atoms with van der Waals surface area (Å²) >= 11 is 0. The second-order valence-corrected chi connectivity index (χ2v) is 6.84. The Labute approximate surface area is 132 Å². The molecule has 0 aliphatic rings. The van der Waals surface area contributed by atoms with E-state index in [0.29, 0.717) is 0 Å². The summed E-state index contributed by atoms with van der Waals surface area (Å²) in [5.41, 5.74) is 8.58. The van der Waals surface area contributed by atoms with Crippen LogP contribution in [0.1, 0.15) is 33.4 Å². The van der Waals surface area contributed by atoms with Gasteiger partial charge in [-0.25, -0.2) is 0 Å². The molecular formula is C22H22. The molecule has 0 saturated carbocycles. The fourth-order valence-corrected chi connectivity index (χ4v) is 4.28. The topological polar surface area (TPSA) is 0 Å². The van der Waals surface area contributed by atoms with Gasteiger partial charge in [0, 0.05) is 0 Å². The number of rotatable bonds is 0. The zero-order chi connectivity index (χ0) is 15.8. The van der Waals surface area contributed by atoms with Crippen molar-refractivity contribution in [3.63, 3.8) is 0 Å². The molecule has 0 amide bonds. The van der Waals surface area contributed by atoms with Crippen LogP contribution in [0, 0.1) is 41.5 Å². The van der Waals surface area contributed by atoms with Gasteiger partial charge in [0.05, 0.1) is 0 Å². The lowest BCUT2D eigenvalue weighted by Crippen LogP contribution is -1.99. The van der Waals surface area contributed by atoms with Crippen LogP contribution in [0.5, 0.6) is 0 Å². The fourth-order valence-electron chi connectivity index (χ4n) is 4.28. The largest absolute Gasteiger partial charge is 0.0581 e. The average Bonchev–Trinajstić information content (AvgIpc) is 2.51. The molecule has 0 heterocycles. The van der Waals surface area contributed by atoms with Crippen LogP contribution in [-0.2, 0) is 0 Å². The Hall–Kier alpha value is -2.08. The van der Waals surface area contributed by atoms with Gasteiger partial charge in [-0.05, 0) is 107 Å². The van der Waals surface area contributed by atoms with Crippen molar-refractivity contribution in [2.24, 2.45) is 0 Å². The third-order valence-corrected chi connectivity index (χ3v) is 5.86. The average molecular weight is 286 g/mol. The molecule has 110 valence electrons. The van der Waals surface area contributed by atoms with E-state index in [9.17, 15) is 0 Å². The summed E-state index contributed by atoms with van der Waals surface area (Å²) in [7, 11) is 0. The summed E-state index contributed by atoms with van der Waals surface area (Å²) in [6.07, 6.45) is 0. The molecule has 4 aromatic rings. The molecule has 0 aliphatic heterocycles. The molecule has 0 nitrogen and oxygen atoms in total. The summed E-state index contributed by atoms with van der Waals surface area (Å²) in [6, 6.07) is 9.14.